The summed E-state index contributed by atoms with van der Waals surface area (Å²) in [5.74, 6) is 0.553. The van der Waals surface area contributed by atoms with E-state index < -0.39 is 0 Å². The van der Waals surface area contributed by atoms with Crippen molar-refractivity contribution < 1.29 is 4.79 Å². The third-order valence-electron chi connectivity index (χ3n) is 5.21. The van der Waals surface area contributed by atoms with Crippen molar-refractivity contribution in [3.63, 3.8) is 0 Å². The van der Waals surface area contributed by atoms with Gasteiger partial charge in [-0.3, -0.25) is 4.79 Å². The number of benzene rings is 2. The van der Waals surface area contributed by atoms with Crippen LogP contribution in [0.2, 0.25) is 0 Å². The molecule has 1 aliphatic heterocycles. The number of aryl methyl sites for hydroxylation is 2. The van der Waals surface area contributed by atoms with Crippen molar-refractivity contribution in [2.24, 2.45) is 0 Å². The maximum Gasteiger partial charge on any atom is 0.256 e. The Balaban J connectivity index is 1.36. The third-order valence-corrected chi connectivity index (χ3v) is 5.21. The average Bonchev–Trinajstić information content (AvgIpc) is 2.75. The van der Waals surface area contributed by atoms with E-state index in [1.54, 1.807) is 12.4 Å². The van der Waals surface area contributed by atoms with Crippen molar-refractivity contribution in [2.45, 2.75) is 13.8 Å². The molecule has 0 radical (unpaired) electrons. The molecule has 148 valence electrons. The van der Waals surface area contributed by atoms with Crippen LogP contribution in [0.4, 0.5) is 17.3 Å². The Labute approximate surface area is 171 Å². The zero-order valence-electron chi connectivity index (χ0n) is 16.8. The first-order chi connectivity index (χ1) is 14.1. The van der Waals surface area contributed by atoms with Crippen LogP contribution in [0.3, 0.4) is 0 Å². The Bertz CT molecular complexity index is 980. The Kier molecular flexibility index (Phi) is 5.42. The molecule has 29 heavy (non-hydrogen) atoms. The zero-order chi connectivity index (χ0) is 20.2. The van der Waals surface area contributed by atoms with Gasteiger partial charge in [0.15, 0.2) is 0 Å². The highest BCUT2D eigenvalue weighted by Crippen LogP contribution is 2.19. The van der Waals surface area contributed by atoms with Gasteiger partial charge in [-0.05, 0) is 37.6 Å². The van der Waals surface area contributed by atoms with Crippen molar-refractivity contribution >= 4 is 23.2 Å². The number of hydrogen-bond acceptors (Lipinski definition) is 5. The van der Waals surface area contributed by atoms with E-state index in [2.05, 4.69) is 49.4 Å². The largest absolute Gasteiger partial charge is 0.368 e. The second-order valence-electron chi connectivity index (χ2n) is 7.35. The lowest BCUT2D eigenvalue weighted by atomic mass is 10.1. The molecule has 1 aromatic heterocycles. The van der Waals surface area contributed by atoms with Crippen LogP contribution in [0.5, 0.6) is 0 Å². The van der Waals surface area contributed by atoms with E-state index in [0.717, 1.165) is 37.3 Å². The summed E-state index contributed by atoms with van der Waals surface area (Å²) in [7, 11) is 0. The zero-order valence-corrected chi connectivity index (χ0v) is 16.8. The monoisotopic (exact) mass is 387 g/mol. The average molecular weight is 387 g/mol. The number of aromatic nitrogens is 2. The maximum absolute atomic E-state index is 12.5. The lowest BCUT2D eigenvalue weighted by Gasteiger charge is -2.36. The number of carbonyl (C=O) groups is 1. The van der Waals surface area contributed by atoms with Gasteiger partial charge < -0.3 is 15.1 Å². The van der Waals surface area contributed by atoms with Gasteiger partial charge in [-0.1, -0.05) is 35.9 Å². The van der Waals surface area contributed by atoms with Crippen LogP contribution in [-0.2, 0) is 0 Å². The molecule has 0 bridgehead atoms. The summed E-state index contributed by atoms with van der Waals surface area (Å²) in [5, 5.41) is 2.89. The van der Waals surface area contributed by atoms with Crippen LogP contribution in [0, 0.1) is 13.8 Å². The van der Waals surface area contributed by atoms with E-state index in [1.165, 1.54) is 5.69 Å². The van der Waals surface area contributed by atoms with Gasteiger partial charge in [0.1, 0.15) is 0 Å². The lowest BCUT2D eigenvalue weighted by molar-refractivity contribution is 0.102. The summed E-state index contributed by atoms with van der Waals surface area (Å²) in [6, 6.07) is 16.2. The fourth-order valence-electron chi connectivity index (χ4n) is 3.62. The van der Waals surface area contributed by atoms with Crippen molar-refractivity contribution in [2.75, 3.05) is 41.3 Å². The van der Waals surface area contributed by atoms with Crippen LogP contribution >= 0.6 is 0 Å². The highest BCUT2D eigenvalue weighted by Gasteiger charge is 2.19. The molecule has 3 aromatic rings. The van der Waals surface area contributed by atoms with E-state index in [1.807, 2.05) is 38.1 Å². The molecular formula is C23H25N5O. The minimum absolute atomic E-state index is 0.143. The van der Waals surface area contributed by atoms with Crippen LogP contribution in [0.15, 0.2) is 60.9 Å². The molecule has 6 nitrogen and oxygen atoms in total. The van der Waals surface area contributed by atoms with Gasteiger partial charge in [-0.25, -0.2) is 9.97 Å². The van der Waals surface area contributed by atoms with E-state index in [4.69, 9.17) is 0 Å². The minimum atomic E-state index is -0.143. The quantitative estimate of drug-likeness (QED) is 0.740. The third kappa shape index (κ3) is 4.37. The smallest absolute Gasteiger partial charge is 0.256 e. The number of hydrogen-bond donors (Lipinski definition) is 1. The van der Waals surface area contributed by atoms with Crippen molar-refractivity contribution in [3.8, 4) is 0 Å². The molecule has 0 spiro atoms. The van der Waals surface area contributed by atoms with Gasteiger partial charge in [0.25, 0.3) is 5.91 Å². The van der Waals surface area contributed by atoms with E-state index in [-0.39, 0.29) is 5.91 Å². The van der Waals surface area contributed by atoms with Crippen LogP contribution in [-0.4, -0.2) is 42.1 Å². The van der Waals surface area contributed by atoms with E-state index in [9.17, 15) is 4.79 Å². The summed E-state index contributed by atoms with van der Waals surface area (Å²) in [6.45, 7) is 7.54. The molecule has 2 aromatic carbocycles. The predicted molar refractivity (Wildman–Crippen MR) is 117 cm³/mol. The van der Waals surface area contributed by atoms with Crippen LogP contribution in [0.25, 0.3) is 0 Å². The number of carbonyl (C=O) groups excluding carboxylic acids is 1. The number of para-hydroxylation sites is 1. The number of nitrogens with one attached hydrogen (secondary N) is 1. The molecule has 0 saturated carbocycles. The van der Waals surface area contributed by atoms with Gasteiger partial charge in [0.05, 0.1) is 18.1 Å². The van der Waals surface area contributed by atoms with Gasteiger partial charge in [-0.2, -0.15) is 0 Å². The molecule has 1 fully saturated rings. The van der Waals surface area contributed by atoms with Crippen LogP contribution < -0.4 is 15.1 Å². The molecule has 0 unspecified atom stereocenters. The first kappa shape index (κ1) is 18.9. The molecule has 1 saturated heterocycles. The SMILES string of the molecule is Cc1ccc(C(=O)Nc2cnc(N3CCN(c4ccccc4)CC3)nc2)c(C)c1. The van der Waals surface area contributed by atoms with Crippen molar-refractivity contribution in [1.29, 1.82) is 0 Å². The first-order valence-electron chi connectivity index (χ1n) is 9.86. The fourth-order valence-corrected chi connectivity index (χ4v) is 3.62. The number of anilines is 3. The molecule has 1 N–H and O–H groups in total. The Hall–Kier alpha value is -3.41. The maximum atomic E-state index is 12.5. The Morgan fingerprint density at radius 2 is 1.55 bits per heavy atom. The van der Waals surface area contributed by atoms with E-state index in [0.29, 0.717) is 17.2 Å². The topological polar surface area (TPSA) is 61.4 Å². The number of piperazine rings is 1. The summed E-state index contributed by atoms with van der Waals surface area (Å²) in [4.78, 5) is 26.0. The summed E-state index contributed by atoms with van der Waals surface area (Å²) in [5.41, 5.74) is 4.60. The normalized spacial score (nSPS) is 14.0. The second kappa shape index (κ2) is 8.31. The molecule has 1 aliphatic rings. The summed E-state index contributed by atoms with van der Waals surface area (Å²) in [6.07, 6.45) is 3.35. The lowest BCUT2D eigenvalue weighted by Crippen LogP contribution is -2.47. The molecule has 0 atom stereocenters. The number of amides is 1. The second-order valence-corrected chi connectivity index (χ2v) is 7.35. The first-order valence-corrected chi connectivity index (χ1v) is 9.86. The Morgan fingerprint density at radius 3 is 2.21 bits per heavy atom. The van der Waals surface area contributed by atoms with Gasteiger partial charge >= 0.3 is 0 Å². The highest BCUT2D eigenvalue weighted by atomic mass is 16.1. The van der Waals surface area contributed by atoms with Gasteiger partial charge in [-0.15, -0.1) is 0 Å². The van der Waals surface area contributed by atoms with Gasteiger partial charge in [0, 0.05) is 37.4 Å². The highest BCUT2D eigenvalue weighted by molar-refractivity contribution is 6.05. The number of rotatable bonds is 4. The molecule has 6 heteroatoms. The van der Waals surface area contributed by atoms with Gasteiger partial charge in [0.2, 0.25) is 5.95 Å². The van der Waals surface area contributed by atoms with Crippen molar-refractivity contribution in [1.82, 2.24) is 9.97 Å². The minimum Gasteiger partial charge on any atom is -0.368 e. The molecule has 2 heterocycles. The molecule has 4 rings (SSSR count). The molecule has 1 amide bonds. The molecular weight excluding hydrogens is 362 g/mol. The molecule has 0 aliphatic carbocycles. The van der Waals surface area contributed by atoms with Crippen LogP contribution in [0.1, 0.15) is 21.5 Å². The summed E-state index contributed by atoms with van der Waals surface area (Å²) >= 11 is 0. The van der Waals surface area contributed by atoms with Crippen molar-refractivity contribution in [3.05, 3.63) is 77.6 Å². The number of nitrogens with zero attached hydrogens (tertiary/aromatic N) is 4. The fraction of sp³-hybridized carbons (Fsp3) is 0.261. The predicted octanol–water partition coefficient (Wildman–Crippen LogP) is 3.67. The van der Waals surface area contributed by atoms with E-state index >= 15 is 0 Å². The standard InChI is InChI=1S/C23H25N5O/c1-17-8-9-21(18(2)14-17)22(29)26-19-15-24-23(25-16-19)28-12-10-27(11-13-28)20-6-4-3-5-7-20/h3-9,14-16H,10-13H2,1-2H3,(H,26,29). The Morgan fingerprint density at radius 1 is 0.897 bits per heavy atom. The summed E-state index contributed by atoms with van der Waals surface area (Å²) < 4.78 is 0.